The highest BCUT2D eigenvalue weighted by Gasteiger charge is 2.35. The summed E-state index contributed by atoms with van der Waals surface area (Å²) in [5.74, 6) is 0.367. The van der Waals surface area contributed by atoms with Crippen LogP contribution in [0, 0.1) is 5.92 Å². The number of aliphatic hydroxyl groups excluding tert-OH is 1. The number of nitrogens with zero attached hydrogens (tertiary/aromatic N) is 2. The van der Waals surface area contributed by atoms with Gasteiger partial charge in [0.25, 0.3) is 0 Å². The molecule has 136 valence electrons. The third-order valence-corrected chi connectivity index (χ3v) is 5.54. The Balaban J connectivity index is 1.40. The molecule has 0 saturated heterocycles. The highest BCUT2D eigenvalue weighted by Crippen LogP contribution is 2.32. The van der Waals surface area contributed by atoms with Crippen LogP contribution in [0.25, 0.3) is 0 Å². The van der Waals surface area contributed by atoms with Crippen molar-refractivity contribution in [2.24, 2.45) is 5.92 Å². The van der Waals surface area contributed by atoms with Crippen LogP contribution in [-0.2, 0) is 17.6 Å². The minimum atomic E-state index is -0.228. The van der Waals surface area contributed by atoms with Crippen LogP contribution in [0.2, 0.25) is 0 Å². The van der Waals surface area contributed by atoms with E-state index in [0.717, 1.165) is 31.5 Å². The zero-order chi connectivity index (χ0) is 17.9. The molecule has 0 unspecified atom stereocenters. The molecule has 1 amide bonds. The Hall–Kier alpha value is -2.40. The molecule has 1 saturated carbocycles. The zero-order valence-electron chi connectivity index (χ0n) is 14.8. The van der Waals surface area contributed by atoms with E-state index in [9.17, 15) is 9.90 Å². The van der Waals surface area contributed by atoms with Crippen LogP contribution in [0.15, 0.2) is 48.7 Å². The van der Waals surface area contributed by atoms with Gasteiger partial charge in [-0.15, -0.1) is 0 Å². The fraction of sp³-hybridized carbons (Fsp3) is 0.429. The maximum absolute atomic E-state index is 12.7. The summed E-state index contributed by atoms with van der Waals surface area (Å²) in [6, 6.07) is 14.2. The molecule has 1 aromatic heterocycles. The molecule has 4 rings (SSSR count). The molecule has 2 aliphatic rings. The Labute approximate surface area is 154 Å². The Morgan fingerprint density at radius 3 is 2.81 bits per heavy atom. The van der Waals surface area contributed by atoms with Crippen LogP contribution in [0.3, 0.4) is 0 Å². The van der Waals surface area contributed by atoms with Gasteiger partial charge in [-0.1, -0.05) is 24.3 Å². The molecule has 2 N–H and O–H groups in total. The van der Waals surface area contributed by atoms with Crippen LogP contribution >= 0.6 is 0 Å². The van der Waals surface area contributed by atoms with Crippen LogP contribution in [-0.4, -0.2) is 41.2 Å². The SMILES string of the molecule is O=C(CN1CCc2ccccc21)N[C@H](Cc1ccccn1)C1CC(O)C1. The highest BCUT2D eigenvalue weighted by molar-refractivity contribution is 5.82. The van der Waals surface area contributed by atoms with Crippen LogP contribution < -0.4 is 10.2 Å². The first-order chi connectivity index (χ1) is 12.7. The Morgan fingerprint density at radius 1 is 1.23 bits per heavy atom. The third-order valence-electron chi connectivity index (χ3n) is 5.54. The summed E-state index contributed by atoms with van der Waals surface area (Å²) < 4.78 is 0. The van der Waals surface area contributed by atoms with Crippen molar-refractivity contribution >= 4 is 11.6 Å². The summed E-state index contributed by atoms with van der Waals surface area (Å²) in [6.07, 6.45) is 4.77. The number of carbonyl (C=O) groups is 1. The van der Waals surface area contributed by atoms with Gasteiger partial charge in [-0.05, 0) is 48.9 Å². The fourth-order valence-electron chi connectivity index (χ4n) is 4.03. The number of carbonyl (C=O) groups excluding carboxylic acids is 1. The molecule has 1 fully saturated rings. The number of amides is 1. The van der Waals surface area contributed by atoms with E-state index in [2.05, 4.69) is 27.3 Å². The molecule has 1 aromatic carbocycles. The average Bonchev–Trinajstić information content (AvgIpc) is 3.02. The van der Waals surface area contributed by atoms with Crippen LogP contribution in [0.5, 0.6) is 0 Å². The van der Waals surface area contributed by atoms with Crippen molar-refractivity contribution < 1.29 is 9.90 Å². The minimum absolute atomic E-state index is 0.0265. The number of aromatic nitrogens is 1. The zero-order valence-corrected chi connectivity index (χ0v) is 14.8. The standard InChI is InChI=1S/C21H25N3O2/c25-18-11-16(12-18)19(13-17-6-3-4-9-22-17)23-21(26)14-24-10-8-15-5-1-2-7-20(15)24/h1-7,9,16,18-19,25H,8,10-14H2,(H,23,26)/t16?,18?,19-/m1/s1. The van der Waals surface area contributed by atoms with Gasteiger partial charge < -0.3 is 15.3 Å². The van der Waals surface area contributed by atoms with Crippen molar-refractivity contribution in [2.75, 3.05) is 18.0 Å². The number of benzene rings is 1. The van der Waals surface area contributed by atoms with Crippen LogP contribution in [0.4, 0.5) is 5.69 Å². The van der Waals surface area contributed by atoms with E-state index in [4.69, 9.17) is 0 Å². The number of anilines is 1. The number of hydrogen-bond donors (Lipinski definition) is 2. The number of fused-ring (bicyclic) bond motifs is 1. The molecule has 5 nitrogen and oxygen atoms in total. The van der Waals surface area contributed by atoms with E-state index < -0.39 is 0 Å². The lowest BCUT2D eigenvalue weighted by Gasteiger charge is -2.38. The molecule has 2 heterocycles. The molecule has 26 heavy (non-hydrogen) atoms. The lowest BCUT2D eigenvalue weighted by molar-refractivity contribution is -0.121. The number of nitrogens with one attached hydrogen (secondary N) is 1. The topological polar surface area (TPSA) is 65.5 Å². The summed E-state index contributed by atoms with van der Waals surface area (Å²) in [5.41, 5.74) is 3.46. The van der Waals surface area contributed by atoms with Crippen molar-refractivity contribution in [2.45, 2.75) is 37.8 Å². The number of para-hydroxylation sites is 1. The van der Waals surface area contributed by atoms with E-state index in [1.165, 1.54) is 11.3 Å². The van der Waals surface area contributed by atoms with Gasteiger partial charge in [-0.25, -0.2) is 0 Å². The molecule has 1 aliphatic carbocycles. The Kier molecular flexibility index (Phi) is 4.89. The second-order valence-electron chi connectivity index (χ2n) is 7.38. The summed E-state index contributed by atoms with van der Waals surface area (Å²) in [5, 5.41) is 12.9. The van der Waals surface area contributed by atoms with Gasteiger partial charge in [0, 0.05) is 36.6 Å². The quantitative estimate of drug-likeness (QED) is 0.835. The molecular formula is C21H25N3O2. The smallest absolute Gasteiger partial charge is 0.239 e. The lowest BCUT2D eigenvalue weighted by Crippen LogP contribution is -2.50. The minimum Gasteiger partial charge on any atom is -0.393 e. The second-order valence-corrected chi connectivity index (χ2v) is 7.38. The predicted molar refractivity (Wildman–Crippen MR) is 101 cm³/mol. The first kappa shape index (κ1) is 17.0. The number of aliphatic hydroxyl groups is 1. The van der Waals surface area contributed by atoms with Gasteiger partial charge in [0.2, 0.25) is 5.91 Å². The first-order valence-corrected chi connectivity index (χ1v) is 9.39. The van der Waals surface area contributed by atoms with E-state index in [0.29, 0.717) is 18.9 Å². The average molecular weight is 351 g/mol. The predicted octanol–water partition coefficient (Wildman–Crippen LogP) is 1.94. The lowest BCUT2D eigenvalue weighted by atomic mass is 9.76. The summed E-state index contributed by atoms with van der Waals surface area (Å²) in [7, 11) is 0. The van der Waals surface area contributed by atoms with Gasteiger partial charge in [0.15, 0.2) is 0 Å². The molecule has 0 radical (unpaired) electrons. The van der Waals surface area contributed by atoms with Gasteiger partial charge in [-0.2, -0.15) is 0 Å². The highest BCUT2D eigenvalue weighted by atomic mass is 16.3. The molecule has 1 atom stereocenters. The molecule has 1 aliphatic heterocycles. The fourth-order valence-corrected chi connectivity index (χ4v) is 4.03. The van der Waals surface area contributed by atoms with Gasteiger partial charge in [-0.3, -0.25) is 9.78 Å². The van der Waals surface area contributed by atoms with Crippen molar-refractivity contribution in [3.63, 3.8) is 0 Å². The number of rotatable bonds is 6. The van der Waals surface area contributed by atoms with Gasteiger partial charge in [0.1, 0.15) is 0 Å². The maximum atomic E-state index is 12.7. The Morgan fingerprint density at radius 2 is 2.04 bits per heavy atom. The van der Waals surface area contributed by atoms with Crippen LogP contribution in [0.1, 0.15) is 24.1 Å². The van der Waals surface area contributed by atoms with E-state index in [1.807, 2.05) is 30.3 Å². The van der Waals surface area contributed by atoms with E-state index in [-0.39, 0.29) is 18.1 Å². The van der Waals surface area contributed by atoms with Crippen molar-refractivity contribution in [1.29, 1.82) is 0 Å². The summed E-state index contributed by atoms with van der Waals surface area (Å²) in [4.78, 5) is 19.2. The Bertz CT molecular complexity index is 759. The molecule has 0 spiro atoms. The first-order valence-electron chi connectivity index (χ1n) is 9.39. The van der Waals surface area contributed by atoms with Crippen molar-refractivity contribution in [3.8, 4) is 0 Å². The van der Waals surface area contributed by atoms with Crippen molar-refractivity contribution in [3.05, 3.63) is 59.9 Å². The second kappa shape index (κ2) is 7.46. The van der Waals surface area contributed by atoms with Gasteiger partial charge in [0.05, 0.1) is 12.6 Å². The van der Waals surface area contributed by atoms with Gasteiger partial charge >= 0.3 is 0 Å². The number of hydrogen-bond acceptors (Lipinski definition) is 4. The molecular weight excluding hydrogens is 326 g/mol. The number of pyridine rings is 1. The van der Waals surface area contributed by atoms with Crippen molar-refractivity contribution in [1.82, 2.24) is 10.3 Å². The maximum Gasteiger partial charge on any atom is 0.239 e. The van der Waals surface area contributed by atoms with E-state index in [1.54, 1.807) is 6.20 Å². The molecule has 0 bridgehead atoms. The van der Waals surface area contributed by atoms with E-state index >= 15 is 0 Å². The third kappa shape index (κ3) is 3.73. The molecule has 5 heteroatoms. The monoisotopic (exact) mass is 351 g/mol. The summed E-state index contributed by atoms with van der Waals surface area (Å²) in [6.45, 7) is 1.27. The summed E-state index contributed by atoms with van der Waals surface area (Å²) >= 11 is 0. The normalized spacial score (nSPS) is 22.4. The largest absolute Gasteiger partial charge is 0.393 e. The molecule has 2 aromatic rings.